The minimum absolute atomic E-state index is 0.115. The van der Waals surface area contributed by atoms with Gasteiger partial charge in [-0.25, -0.2) is 0 Å². The van der Waals surface area contributed by atoms with Gasteiger partial charge in [-0.3, -0.25) is 4.79 Å². The fourth-order valence-corrected chi connectivity index (χ4v) is 6.12. The minimum atomic E-state index is -0.657. The van der Waals surface area contributed by atoms with Crippen molar-refractivity contribution >= 4 is 5.78 Å². The molecule has 0 saturated heterocycles. The van der Waals surface area contributed by atoms with Crippen molar-refractivity contribution in [3.63, 3.8) is 0 Å². The zero-order chi connectivity index (χ0) is 30.1. The molecule has 0 aliphatic carbocycles. The summed E-state index contributed by atoms with van der Waals surface area (Å²) in [7, 11) is 1.51. The lowest BCUT2D eigenvalue weighted by Crippen LogP contribution is -2.27. The van der Waals surface area contributed by atoms with Gasteiger partial charge < -0.3 is 34.6 Å². The molecule has 8 heteroatoms. The number of aromatic hydroxyl groups is 3. The highest BCUT2D eigenvalue weighted by molar-refractivity contribution is 6.03. The van der Waals surface area contributed by atoms with Gasteiger partial charge >= 0.3 is 0 Å². The van der Waals surface area contributed by atoms with Crippen molar-refractivity contribution in [3.8, 4) is 34.5 Å². The number of hydrogen-bond donors (Lipinski definition) is 4. The molecule has 0 radical (unpaired) electrons. The maximum Gasteiger partial charge on any atom is 0.174 e. The van der Waals surface area contributed by atoms with Gasteiger partial charge in [0.1, 0.15) is 52.3 Å². The van der Waals surface area contributed by atoms with Crippen LogP contribution >= 0.6 is 0 Å². The van der Waals surface area contributed by atoms with E-state index in [0.29, 0.717) is 48.5 Å². The van der Waals surface area contributed by atoms with Crippen LogP contribution < -0.4 is 14.2 Å². The summed E-state index contributed by atoms with van der Waals surface area (Å²) in [5.41, 5.74) is 3.75. The van der Waals surface area contributed by atoms with Gasteiger partial charge in [-0.15, -0.1) is 0 Å². The first kappa shape index (κ1) is 28.4. The number of ether oxygens (including phenoxy) is 3. The molecule has 0 amide bonds. The zero-order valence-corrected chi connectivity index (χ0v) is 23.8. The van der Waals surface area contributed by atoms with E-state index in [9.17, 15) is 25.2 Å². The maximum absolute atomic E-state index is 13.6. The van der Waals surface area contributed by atoms with Crippen molar-refractivity contribution in [2.75, 3.05) is 7.11 Å². The summed E-state index contributed by atoms with van der Waals surface area (Å²) in [5.74, 6) is 1.43. The Morgan fingerprint density at radius 1 is 0.837 bits per heavy atom. The number of ketones is 1. The van der Waals surface area contributed by atoms with E-state index < -0.39 is 12.2 Å². The summed E-state index contributed by atoms with van der Waals surface area (Å²) in [5, 5.41) is 40.5. The lowest BCUT2D eigenvalue weighted by atomic mass is 9.80. The smallest absolute Gasteiger partial charge is 0.174 e. The fourth-order valence-electron chi connectivity index (χ4n) is 6.12. The fraction of sp³-hybridized carbons (Fsp3) is 0.286. The normalized spacial score (nSPS) is 19.9. The lowest BCUT2D eigenvalue weighted by molar-refractivity contribution is 0.0819. The van der Waals surface area contributed by atoms with Gasteiger partial charge in [0.05, 0.1) is 19.6 Å². The van der Waals surface area contributed by atoms with E-state index >= 15 is 0 Å². The van der Waals surface area contributed by atoms with Gasteiger partial charge in [0.15, 0.2) is 5.78 Å². The van der Waals surface area contributed by atoms with Crippen molar-refractivity contribution in [3.05, 3.63) is 107 Å². The highest BCUT2D eigenvalue weighted by atomic mass is 16.5. The Hall–Kier alpha value is -4.69. The number of carbonyl (C=O) groups is 1. The third-order valence-electron chi connectivity index (χ3n) is 8.34. The Morgan fingerprint density at radius 2 is 1.42 bits per heavy atom. The number of benzene rings is 4. The molecule has 4 aromatic rings. The molecular weight excluding hydrogens is 548 g/mol. The number of carbonyl (C=O) groups excluding carboxylic acids is 1. The molecule has 4 N–H and O–H groups in total. The molecule has 2 aliphatic rings. The molecule has 0 unspecified atom stereocenters. The Morgan fingerprint density at radius 3 is 2.02 bits per heavy atom. The highest BCUT2D eigenvalue weighted by Gasteiger charge is 2.40. The van der Waals surface area contributed by atoms with Gasteiger partial charge in [0.25, 0.3) is 0 Å². The predicted octanol–water partition coefficient (Wildman–Crippen LogP) is 6.51. The average molecular weight is 583 g/mol. The van der Waals surface area contributed by atoms with Crippen molar-refractivity contribution in [1.82, 2.24) is 0 Å². The molecule has 222 valence electrons. The first-order chi connectivity index (χ1) is 20.8. The maximum atomic E-state index is 13.6. The number of aryl methyl sites for hydroxylation is 1. The Bertz CT molecular complexity index is 1600. The molecule has 43 heavy (non-hydrogen) atoms. The van der Waals surface area contributed by atoms with Crippen LogP contribution in [0.2, 0.25) is 0 Å². The number of phenols is 3. The number of fused-ring (bicyclic) bond motifs is 3. The quantitative estimate of drug-likeness (QED) is 0.185. The summed E-state index contributed by atoms with van der Waals surface area (Å²) >= 11 is 0. The molecular formula is C35H34O8. The lowest BCUT2D eigenvalue weighted by Gasteiger charge is -2.38. The van der Waals surface area contributed by atoms with E-state index in [0.717, 1.165) is 22.3 Å². The van der Waals surface area contributed by atoms with Crippen LogP contribution in [0.1, 0.15) is 76.4 Å². The molecule has 2 heterocycles. The Kier molecular flexibility index (Phi) is 7.86. The summed E-state index contributed by atoms with van der Waals surface area (Å²) in [6.45, 7) is 0. The monoisotopic (exact) mass is 582 g/mol. The van der Waals surface area contributed by atoms with Crippen LogP contribution in [0.3, 0.4) is 0 Å². The molecule has 4 aromatic carbocycles. The van der Waals surface area contributed by atoms with Crippen LogP contribution in [-0.4, -0.2) is 39.4 Å². The minimum Gasteiger partial charge on any atom is -0.508 e. The number of methoxy groups -OCH3 is 1. The highest BCUT2D eigenvalue weighted by Crippen LogP contribution is 2.54. The van der Waals surface area contributed by atoms with Gasteiger partial charge in [-0.2, -0.15) is 0 Å². The van der Waals surface area contributed by atoms with Crippen molar-refractivity contribution < 1.29 is 39.4 Å². The molecule has 0 spiro atoms. The number of Topliss-reactive ketones (excluding diaryl/α,β-unsaturated/α-hetero) is 1. The van der Waals surface area contributed by atoms with Gasteiger partial charge in [-0.05, 0) is 84.7 Å². The zero-order valence-electron chi connectivity index (χ0n) is 23.8. The number of aliphatic hydroxyl groups excluding tert-OH is 1. The van der Waals surface area contributed by atoms with Crippen molar-refractivity contribution in [1.29, 1.82) is 0 Å². The summed E-state index contributed by atoms with van der Waals surface area (Å²) in [6.07, 6.45) is 0.605. The summed E-state index contributed by atoms with van der Waals surface area (Å²) in [6, 6.07) is 22.2. The second-order valence-electron chi connectivity index (χ2n) is 11.2. The van der Waals surface area contributed by atoms with Gasteiger partial charge in [0, 0.05) is 11.6 Å². The molecule has 8 nitrogen and oxygen atoms in total. The van der Waals surface area contributed by atoms with E-state index in [4.69, 9.17) is 14.2 Å². The van der Waals surface area contributed by atoms with Gasteiger partial charge in [-0.1, -0.05) is 36.4 Å². The van der Waals surface area contributed by atoms with Crippen LogP contribution in [0.25, 0.3) is 0 Å². The predicted molar refractivity (Wildman–Crippen MR) is 159 cm³/mol. The standard InChI is InChI=1S/C35H34O8/c1-41-31-19-32-33(35-34(31)28(40)18-30(43-35)22-7-14-26(38)15-8-22)23(17-29(42-32)21-5-12-25(37)13-6-21)16-27(39)11-4-20-2-9-24(36)10-3-20/h2-3,5-10,12-15,19,23,27,29-30,36-39H,4,11,16-18H2,1H3/t23-,27+,29-,30-/m1/s1. The number of hydrogen-bond acceptors (Lipinski definition) is 8. The SMILES string of the molecule is COc1cc2c(c3c1C(=O)C[C@H](c1ccc(O)cc1)O3)[C@H](C[C@@H](O)CCc1ccc(O)cc1)C[C@H](c1ccc(O)cc1)O2. The van der Waals surface area contributed by atoms with E-state index in [-0.39, 0.29) is 41.5 Å². The molecule has 0 bridgehead atoms. The van der Waals surface area contributed by atoms with E-state index in [1.54, 1.807) is 54.6 Å². The second kappa shape index (κ2) is 11.9. The number of rotatable bonds is 8. The van der Waals surface area contributed by atoms with E-state index in [1.807, 2.05) is 24.3 Å². The topological polar surface area (TPSA) is 126 Å². The Labute approximate surface area is 249 Å². The summed E-state index contributed by atoms with van der Waals surface area (Å²) < 4.78 is 18.8. The first-order valence-electron chi connectivity index (χ1n) is 14.4. The average Bonchev–Trinajstić information content (AvgIpc) is 3.00. The number of phenolic OH excluding ortho intramolecular Hbond substituents is 3. The molecule has 0 saturated carbocycles. The third kappa shape index (κ3) is 5.96. The van der Waals surface area contributed by atoms with Crippen molar-refractivity contribution in [2.24, 2.45) is 0 Å². The van der Waals surface area contributed by atoms with Crippen LogP contribution in [-0.2, 0) is 6.42 Å². The second-order valence-corrected chi connectivity index (χ2v) is 11.2. The van der Waals surface area contributed by atoms with Crippen LogP contribution in [0.15, 0.2) is 78.9 Å². The molecule has 2 aliphatic heterocycles. The largest absolute Gasteiger partial charge is 0.508 e. The van der Waals surface area contributed by atoms with Gasteiger partial charge in [0.2, 0.25) is 0 Å². The van der Waals surface area contributed by atoms with Crippen LogP contribution in [0, 0.1) is 0 Å². The molecule has 4 atom stereocenters. The molecule has 0 aromatic heterocycles. The van der Waals surface area contributed by atoms with Crippen LogP contribution in [0.5, 0.6) is 34.5 Å². The summed E-state index contributed by atoms with van der Waals surface area (Å²) in [4.78, 5) is 13.6. The molecule has 6 rings (SSSR count). The Balaban J connectivity index is 1.37. The number of aliphatic hydroxyl groups is 1. The van der Waals surface area contributed by atoms with E-state index in [1.165, 1.54) is 7.11 Å². The first-order valence-corrected chi connectivity index (χ1v) is 14.4. The van der Waals surface area contributed by atoms with E-state index in [2.05, 4.69) is 0 Å². The van der Waals surface area contributed by atoms with Crippen LogP contribution in [0.4, 0.5) is 0 Å². The third-order valence-corrected chi connectivity index (χ3v) is 8.34. The molecule has 0 fully saturated rings. The van der Waals surface area contributed by atoms with Crippen molar-refractivity contribution in [2.45, 2.75) is 56.3 Å².